The minimum absolute atomic E-state index is 0.124. The molecule has 0 fully saturated rings. The Kier molecular flexibility index (Phi) is 6.14. The Hall–Kier alpha value is -4.24. The lowest BCUT2D eigenvalue weighted by atomic mass is 9.78. The van der Waals surface area contributed by atoms with Crippen LogP contribution in [-0.4, -0.2) is 15.1 Å². The van der Waals surface area contributed by atoms with Crippen molar-refractivity contribution in [3.8, 4) is 50.6 Å². The minimum Gasteiger partial charge on any atom is -0.507 e. The molecule has 1 N–H and O–H groups in total. The molecule has 202 valence electrons. The highest BCUT2D eigenvalue weighted by molar-refractivity contribution is 5.78. The van der Waals surface area contributed by atoms with Crippen LogP contribution in [0.5, 0.6) is 5.75 Å². The number of benzene rings is 3. The zero-order chi connectivity index (χ0) is 31.2. The largest absolute Gasteiger partial charge is 0.507 e. The van der Waals surface area contributed by atoms with E-state index in [4.69, 9.17) is 9.10 Å². The van der Waals surface area contributed by atoms with Gasteiger partial charge < -0.3 is 5.11 Å². The van der Waals surface area contributed by atoms with Crippen molar-refractivity contribution in [3.63, 3.8) is 0 Å². The van der Waals surface area contributed by atoms with Crippen LogP contribution in [0.1, 0.15) is 62.3 Å². The zero-order valence-electron chi connectivity index (χ0n) is 27.1. The summed E-state index contributed by atoms with van der Waals surface area (Å²) >= 11 is 0. The number of hydrogen-bond donors (Lipinski definition) is 1. The van der Waals surface area contributed by atoms with E-state index in [1.165, 1.54) is 0 Å². The third kappa shape index (κ3) is 5.56. The number of aromatic hydroxyl groups is 1. The number of phenols is 1. The summed E-state index contributed by atoms with van der Waals surface area (Å²) in [5, 5.41) is 11.5. The van der Waals surface area contributed by atoms with Gasteiger partial charge in [0.25, 0.3) is 0 Å². The van der Waals surface area contributed by atoms with E-state index in [0.717, 1.165) is 27.8 Å². The second-order valence-electron chi connectivity index (χ2n) is 12.4. The van der Waals surface area contributed by atoms with Gasteiger partial charge in [0.1, 0.15) is 5.75 Å². The molecule has 0 amide bonds. The maximum Gasteiger partial charge on any atom is 0.128 e. The Morgan fingerprint density at radius 1 is 0.625 bits per heavy atom. The van der Waals surface area contributed by atoms with E-state index in [-0.39, 0.29) is 22.1 Å². The topological polar surface area (TPSA) is 46.0 Å². The first-order valence-corrected chi connectivity index (χ1v) is 13.6. The van der Waals surface area contributed by atoms with E-state index in [2.05, 4.69) is 52.6 Å². The molecule has 5 rings (SSSR count). The van der Waals surface area contributed by atoms with Crippen molar-refractivity contribution in [1.82, 2.24) is 9.97 Å². The first kappa shape index (κ1) is 23.6. The van der Waals surface area contributed by atoms with Gasteiger partial charge in [-0.15, -0.1) is 0 Å². The quantitative estimate of drug-likeness (QED) is 0.252. The summed E-state index contributed by atoms with van der Waals surface area (Å²) in [6.45, 7) is 10.4. The lowest BCUT2D eigenvalue weighted by molar-refractivity contribution is 0.446. The van der Waals surface area contributed by atoms with Gasteiger partial charge in [-0.3, -0.25) is 4.98 Å². The van der Waals surface area contributed by atoms with Crippen LogP contribution < -0.4 is 0 Å². The second kappa shape index (κ2) is 10.4. The van der Waals surface area contributed by atoms with Gasteiger partial charge in [-0.05, 0) is 76.3 Å². The van der Waals surface area contributed by atoms with Gasteiger partial charge in [0.2, 0.25) is 0 Å². The summed E-state index contributed by atoms with van der Waals surface area (Å²) in [6.07, 6.45) is 1.71. The second-order valence-corrected chi connectivity index (χ2v) is 12.4. The molecule has 0 aliphatic heterocycles. The fourth-order valence-electron chi connectivity index (χ4n) is 4.88. The van der Waals surface area contributed by atoms with E-state index < -0.39 is 6.85 Å². The third-order valence-corrected chi connectivity index (χ3v) is 7.27. The predicted octanol–water partition coefficient (Wildman–Crippen LogP) is 9.75. The molecule has 0 radical (unpaired) electrons. The molecule has 40 heavy (non-hydrogen) atoms. The summed E-state index contributed by atoms with van der Waals surface area (Å²) in [4.78, 5) is 9.57. The molecule has 0 aliphatic carbocycles. The van der Waals surface area contributed by atoms with E-state index in [1.54, 1.807) is 18.3 Å². The first-order chi connectivity index (χ1) is 20.1. The standard InChI is InChI=1S/C37H38N2O/c1-24-16-17-27(20-29(24)34-21-26(18-19-38-34)25-12-9-8-10-13-25)32-14-11-15-33(39-32)30-22-28(36(2,3)4)23-31(35(30)40)37(5,6)7/h8-23,40H,1-7H3/i1D3. The van der Waals surface area contributed by atoms with E-state index >= 15 is 0 Å². The Morgan fingerprint density at radius 2 is 1.38 bits per heavy atom. The van der Waals surface area contributed by atoms with Crippen LogP contribution in [0.15, 0.2) is 97.2 Å². The average molecular weight is 530 g/mol. The predicted molar refractivity (Wildman–Crippen MR) is 168 cm³/mol. The molecule has 0 atom stereocenters. The number of phenolic OH excluding ortho intramolecular Hbond substituents is 1. The van der Waals surface area contributed by atoms with Gasteiger partial charge in [0.05, 0.1) is 17.1 Å². The van der Waals surface area contributed by atoms with E-state index in [0.29, 0.717) is 28.2 Å². The Balaban J connectivity index is 1.66. The molecule has 0 unspecified atom stereocenters. The van der Waals surface area contributed by atoms with Crippen LogP contribution in [0.25, 0.3) is 44.9 Å². The monoisotopic (exact) mass is 529 g/mol. The highest BCUT2D eigenvalue weighted by Gasteiger charge is 2.26. The lowest BCUT2D eigenvalue weighted by Crippen LogP contribution is -2.17. The van der Waals surface area contributed by atoms with Gasteiger partial charge >= 0.3 is 0 Å². The van der Waals surface area contributed by atoms with Crippen molar-refractivity contribution in [2.24, 2.45) is 0 Å². The van der Waals surface area contributed by atoms with Crippen molar-refractivity contribution in [2.75, 3.05) is 0 Å². The van der Waals surface area contributed by atoms with Crippen LogP contribution in [0, 0.1) is 6.85 Å². The third-order valence-electron chi connectivity index (χ3n) is 7.27. The number of aryl methyl sites for hydroxylation is 1. The normalized spacial score (nSPS) is 13.4. The molecule has 2 heterocycles. The summed E-state index contributed by atoms with van der Waals surface area (Å²) in [5.41, 5.74) is 7.69. The number of aromatic nitrogens is 2. The Morgan fingerprint density at radius 3 is 2.08 bits per heavy atom. The zero-order valence-corrected chi connectivity index (χ0v) is 24.1. The molecule has 3 heteroatoms. The SMILES string of the molecule is [2H]C([2H])([2H])c1ccc(-c2cccc(-c3cc(C(C)(C)C)cc(C(C)(C)C)c3O)n2)cc1-c1cc(-c2ccccc2)ccn1. The fourth-order valence-corrected chi connectivity index (χ4v) is 4.88. The molecule has 2 aromatic heterocycles. The number of rotatable bonds is 4. The molecule has 3 aromatic carbocycles. The molecule has 0 saturated carbocycles. The molecule has 3 nitrogen and oxygen atoms in total. The molecule has 0 aliphatic rings. The van der Waals surface area contributed by atoms with Gasteiger partial charge in [-0.25, -0.2) is 4.98 Å². The number of nitrogens with zero attached hydrogens (tertiary/aromatic N) is 2. The summed E-state index contributed by atoms with van der Waals surface area (Å²) in [6, 6.07) is 29.0. The maximum atomic E-state index is 11.5. The molecule has 0 bridgehead atoms. The van der Waals surface area contributed by atoms with Crippen LogP contribution >= 0.6 is 0 Å². The van der Waals surface area contributed by atoms with Crippen molar-refractivity contribution in [2.45, 2.75) is 59.2 Å². The minimum atomic E-state index is -2.32. The number of hydrogen-bond acceptors (Lipinski definition) is 3. The molecule has 0 saturated heterocycles. The summed E-state index contributed by atoms with van der Waals surface area (Å²) in [5.74, 6) is 0.227. The smallest absolute Gasteiger partial charge is 0.128 e. The average Bonchev–Trinajstić information content (AvgIpc) is 2.96. The van der Waals surface area contributed by atoms with Crippen LogP contribution in [0.4, 0.5) is 0 Å². The number of pyridine rings is 2. The Labute approximate surface area is 242 Å². The van der Waals surface area contributed by atoms with E-state index in [1.807, 2.05) is 72.8 Å². The van der Waals surface area contributed by atoms with Crippen LogP contribution in [-0.2, 0) is 10.8 Å². The van der Waals surface area contributed by atoms with Gasteiger partial charge in [-0.1, -0.05) is 96.1 Å². The van der Waals surface area contributed by atoms with Gasteiger partial charge in [0.15, 0.2) is 0 Å². The highest BCUT2D eigenvalue weighted by atomic mass is 16.3. The summed E-state index contributed by atoms with van der Waals surface area (Å²) < 4.78 is 24.7. The molecular formula is C37H38N2O. The Bertz CT molecular complexity index is 1780. The highest BCUT2D eigenvalue weighted by Crippen LogP contribution is 2.42. The van der Waals surface area contributed by atoms with Gasteiger partial charge in [0, 0.05) is 32.6 Å². The lowest BCUT2D eigenvalue weighted by Gasteiger charge is -2.27. The molecular weight excluding hydrogens is 488 g/mol. The summed E-state index contributed by atoms with van der Waals surface area (Å²) in [7, 11) is 0. The van der Waals surface area contributed by atoms with Crippen molar-refractivity contribution in [3.05, 3.63) is 114 Å². The van der Waals surface area contributed by atoms with Crippen LogP contribution in [0.2, 0.25) is 0 Å². The van der Waals surface area contributed by atoms with Crippen molar-refractivity contribution in [1.29, 1.82) is 0 Å². The van der Waals surface area contributed by atoms with E-state index in [9.17, 15) is 5.11 Å². The van der Waals surface area contributed by atoms with Gasteiger partial charge in [-0.2, -0.15) is 0 Å². The first-order valence-electron chi connectivity index (χ1n) is 15.1. The molecule has 0 spiro atoms. The molecule has 5 aromatic rings. The fraction of sp³-hybridized carbons (Fsp3) is 0.243. The maximum absolute atomic E-state index is 11.5. The van der Waals surface area contributed by atoms with Crippen molar-refractivity contribution < 1.29 is 9.22 Å². The van der Waals surface area contributed by atoms with Crippen molar-refractivity contribution >= 4 is 0 Å². The van der Waals surface area contributed by atoms with Crippen LogP contribution in [0.3, 0.4) is 0 Å².